The molecule has 3 heterocycles. The highest BCUT2D eigenvalue weighted by atomic mass is 19.3. The monoisotopic (exact) mass is 275 g/mol. The third kappa shape index (κ3) is 2.11. The van der Waals surface area contributed by atoms with Crippen LogP contribution in [-0.2, 0) is 5.92 Å². The van der Waals surface area contributed by atoms with Crippen molar-refractivity contribution < 1.29 is 8.78 Å². The molecule has 0 aliphatic rings. The molecule has 0 amide bonds. The van der Waals surface area contributed by atoms with Gasteiger partial charge in [-0.2, -0.15) is 8.78 Å². The second-order valence-corrected chi connectivity index (χ2v) is 4.55. The van der Waals surface area contributed by atoms with E-state index in [-0.39, 0.29) is 5.69 Å². The Hall–Kier alpha value is -2.44. The molecule has 0 unspecified atom stereocenters. The average Bonchev–Trinajstić information content (AvgIpc) is 2.80. The molecule has 0 saturated heterocycles. The number of imidazole rings is 1. The smallest absolute Gasteiger partial charge is 0.288 e. The normalized spacial score (nSPS) is 12.0. The number of halogens is 2. The summed E-state index contributed by atoms with van der Waals surface area (Å²) >= 11 is 0. The largest absolute Gasteiger partial charge is 0.293 e. The van der Waals surface area contributed by atoms with Gasteiger partial charge in [0.05, 0.1) is 12.4 Å². The Morgan fingerprint density at radius 1 is 1.15 bits per heavy atom. The summed E-state index contributed by atoms with van der Waals surface area (Å²) in [6.45, 7) is 2.64. The molecule has 5 nitrogen and oxygen atoms in total. The van der Waals surface area contributed by atoms with Crippen molar-refractivity contribution in [1.82, 2.24) is 24.3 Å². The topological polar surface area (TPSA) is 56.0 Å². The van der Waals surface area contributed by atoms with E-state index < -0.39 is 5.92 Å². The maximum absolute atomic E-state index is 13.4. The average molecular weight is 275 g/mol. The molecule has 3 rings (SSSR count). The molecule has 3 aromatic rings. The molecule has 0 radical (unpaired) electrons. The molecule has 0 saturated carbocycles. The molecule has 102 valence electrons. The molecule has 3 aromatic heterocycles. The summed E-state index contributed by atoms with van der Waals surface area (Å²) in [6.07, 6.45) is 5.74. The Bertz CT molecular complexity index is 776. The molecule has 0 bridgehead atoms. The van der Waals surface area contributed by atoms with E-state index in [0.29, 0.717) is 17.2 Å². The van der Waals surface area contributed by atoms with E-state index >= 15 is 0 Å². The van der Waals surface area contributed by atoms with E-state index in [1.54, 1.807) is 18.5 Å². The summed E-state index contributed by atoms with van der Waals surface area (Å²) in [4.78, 5) is 16.3. The first kappa shape index (κ1) is 12.6. The molecular formula is C13H11F2N5. The minimum Gasteiger partial charge on any atom is -0.293 e. The Morgan fingerprint density at radius 2 is 1.95 bits per heavy atom. The van der Waals surface area contributed by atoms with Crippen LogP contribution in [0.4, 0.5) is 8.78 Å². The third-order valence-electron chi connectivity index (χ3n) is 2.87. The lowest BCUT2D eigenvalue weighted by Gasteiger charge is -2.10. The van der Waals surface area contributed by atoms with Gasteiger partial charge in [0.25, 0.3) is 5.92 Å². The van der Waals surface area contributed by atoms with Gasteiger partial charge < -0.3 is 0 Å². The Kier molecular flexibility index (Phi) is 2.70. The molecular weight excluding hydrogens is 264 g/mol. The summed E-state index contributed by atoms with van der Waals surface area (Å²) in [5, 5.41) is 0. The highest BCUT2D eigenvalue weighted by Crippen LogP contribution is 2.26. The fourth-order valence-electron chi connectivity index (χ4n) is 1.85. The summed E-state index contributed by atoms with van der Waals surface area (Å²) in [7, 11) is 0. The van der Waals surface area contributed by atoms with Crippen LogP contribution in [0.5, 0.6) is 0 Å². The first-order valence-electron chi connectivity index (χ1n) is 5.96. The second kappa shape index (κ2) is 4.29. The van der Waals surface area contributed by atoms with Gasteiger partial charge in [-0.1, -0.05) is 0 Å². The van der Waals surface area contributed by atoms with Gasteiger partial charge in [0, 0.05) is 25.0 Å². The van der Waals surface area contributed by atoms with Crippen molar-refractivity contribution in [2.24, 2.45) is 0 Å². The molecule has 0 spiro atoms. The summed E-state index contributed by atoms with van der Waals surface area (Å²) < 4.78 is 28.2. The van der Waals surface area contributed by atoms with Crippen LogP contribution in [0.25, 0.3) is 17.2 Å². The van der Waals surface area contributed by atoms with Gasteiger partial charge in [-0.05, 0) is 13.0 Å². The zero-order chi connectivity index (χ0) is 14.3. The van der Waals surface area contributed by atoms with E-state index in [2.05, 4.69) is 19.9 Å². The zero-order valence-electron chi connectivity index (χ0n) is 10.9. The van der Waals surface area contributed by atoms with Crippen LogP contribution < -0.4 is 0 Å². The highest BCUT2D eigenvalue weighted by molar-refractivity contribution is 5.56. The first-order valence-corrected chi connectivity index (χ1v) is 5.96. The van der Waals surface area contributed by atoms with Gasteiger partial charge in [0.2, 0.25) is 0 Å². The number of aromatic nitrogens is 5. The highest BCUT2D eigenvalue weighted by Gasteiger charge is 2.27. The molecule has 0 aromatic carbocycles. The molecule has 0 aliphatic carbocycles. The van der Waals surface area contributed by atoms with Gasteiger partial charge in [0.1, 0.15) is 11.4 Å². The lowest BCUT2D eigenvalue weighted by Crippen LogP contribution is -2.11. The Morgan fingerprint density at radius 3 is 2.65 bits per heavy atom. The molecule has 0 fully saturated rings. The van der Waals surface area contributed by atoms with E-state index in [1.165, 1.54) is 16.8 Å². The number of rotatable bonds is 2. The number of hydrogen-bond donors (Lipinski definition) is 0. The number of fused-ring (bicyclic) bond motifs is 1. The van der Waals surface area contributed by atoms with Gasteiger partial charge >= 0.3 is 0 Å². The molecule has 0 aliphatic heterocycles. The van der Waals surface area contributed by atoms with E-state index in [1.807, 2.05) is 6.92 Å². The van der Waals surface area contributed by atoms with E-state index in [9.17, 15) is 8.78 Å². The summed E-state index contributed by atoms with van der Waals surface area (Å²) in [5.41, 5.74) is 1.49. The van der Waals surface area contributed by atoms with Gasteiger partial charge in [-0.3, -0.25) is 4.40 Å². The number of nitrogens with zero attached hydrogens (tertiary/aromatic N) is 5. The van der Waals surface area contributed by atoms with Crippen LogP contribution in [-0.4, -0.2) is 24.3 Å². The van der Waals surface area contributed by atoms with Crippen molar-refractivity contribution in [1.29, 1.82) is 0 Å². The minimum absolute atomic E-state index is 0.322. The van der Waals surface area contributed by atoms with Crippen molar-refractivity contribution in [3.63, 3.8) is 0 Å². The van der Waals surface area contributed by atoms with Crippen LogP contribution in [0.15, 0.2) is 30.9 Å². The fraction of sp³-hybridized carbons (Fsp3) is 0.231. The van der Waals surface area contributed by atoms with Crippen molar-refractivity contribution >= 4 is 5.65 Å². The molecule has 0 N–H and O–H groups in total. The standard InChI is InChI=1S/C13H11F2N5/c1-8-3-4-16-12(19-8)9-5-18-11-6-17-10(7-20(9)11)13(2,14)15/h3-7H,1-2H3. The number of alkyl halides is 2. The third-order valence-corrected chi connectivity index (χ3v) is 2.87. The van der Waals surface area contributed by atoms with Crippen LogP contribution in [0.2, 0.25) is 0 Å². The van der Waals surface area contributed by atoms with Crippen molar-refractivity contribution in [2.75, 3.05) is 0 Å². The Labute approximate surface area is 113 Å². The molecule has 20 heavy (non-hydrogen) atoms. The first-order chi connectivity index (χ1) is 9.45. The lowest BCUT2D eigenvalue weighted by atomic mass is 10.3. The molecule has 7 heteroatoms. The molecule has 0 atom stereocenters. The SMILES string of the molecule is Cc1ccnc(-c2cnc3cnc(C(C)(F)F)cn23)n1. The van der Waals surface area contributed by atoms with Crippen molar-refractivity contribution in [3.8, 4) is 11.5 Å². The quantitative estimate of drug-likeness (QED) is 0.721. The van der Waals surface area contributed by atoms with Gasteiger partial charge in [-0.15, -0.1) is 0 Å². The Balaban J connectivity index is 2.22. The summed E-state index contributed by atoms with van der Waals surface area (Å²) in [6, 6.07) is 1.76. The predicted octanol–water partition coefficient (Wildman–Crippen LogP) is 2.61. The number of hydrogen-bond acceptors (Lipinski definition) is 4. The van der Waals surface area contributed by atoms with Gasteiger partial charge in [0.15, 0.2) is 11.5 Å². The van der Waals surface area contributed by atoms with E-state index in [4.69, 9.17) is 0 Å². The maximum atomic E-state index is 13.4. The zero-order valence-corrected chi connectivity index (χ0v) is 10.9. The van der Waals surface area contributed by atoms with Gasteiger partial charge in [-0.25, -0.2) is 19.9 Å². The van der Waals surface area contributed by atoms with Crippen molar-refractivity contribution in [3.05, 3.63) is 42.2 Å². The van der Waals surface area contributed by atoms with Crippen LogP contribution in [0.1, 0.15) is 18.3 Å². The lowest BCUT2D eigenvalue weighted by molar-refractivity contribution is 0.0123. The second-order valence-electron chi connectivity index (χ2n) is 4.55. The van der Waals surface area contributed by atoms with Crippen molar-refractivity contribution in [2.45, 2.75) is 19.8 Å². The van der Waals surface area contributed by atoms with Crippen LogP contribution in [0, 0.1) is 6.92 Å². The number of aryl methyl sites for hydroxylation is 1. The maximum Gasteiger partial charge on any atom is 0.288 e. The summed E-state index contributed by atoms with van der Waals surface area (Å²) in [5.74, 6) is -2.57. The van der Waals surface area contributed by atoms with Crippen LogP contribution in [0.3, 0.4) is 0 Å². The van der Waals surface area contributed by atoms with E-state index in [0.717, 1.165) is 12.6 Å². The predicted molar refractivity (Wildman–Crippen MR) is 68.3 cm³/mol. The fourth-order valence-corrected chi connectivity index (χ4v) is 1.85. The van der Waals surface area contributed by atoms with Crippen LogP contribution >= 0.6 is 0 Å². The minimum atomic E-state index is -3.01.